The lowest BCUT2D eigenvalue weighted by atomic mass is 9.20. The van der Waals surface area contributed by atoms with Crippen LogP contribution in [0.15, 0.2) is 103 Å². The summed E-state index contributed by atoms with van der Waals surface area (Å²) in [4.78, 5) is 2.20. The standard InChI is InChI=1S/C27H17B6N/c28-25(29)22-16-15-18(17-23(22)26(30,31)27(25,32)33)21-13-7-8-14-24(21)34(19-9-3-1-4-10-19)20-11-5-2-6-12-20/h1-17H. The average molecular weight is 420 g/mol. The first-order valence-corrected chi connectivity index (χ1v) is 11.0. The Kier molecular flexibility index (Phi) is 5.43. The number of anilines is 3. The maximum absolute atomic E-state index is 6.43. The van der Waals surface area contributed by atoms with Gasteiger partial charge in [0.25, 0.3) is 0 Å². The first-order valence-electron chi connectivity index (χ1n) is 11.0. The molecule has 148 valence electrons. The van der Waals surface area contributed by atoms with E-state index in [1.165, 1.54) is 0 Å². The summed E-state index contributed by atoms with van der Waals surface area (Å²) in [5.74, 6) is 0. The molecule has 0 heterocycles. The number of rotatable bonds is 4. The summed E-state index contributed by atoms with van der Waals surface area (Å²) in [6.45, 7) is 0. The molecule has 0 bridgehead atoms. The average Bonchev–Trinajstić information content (AvgIpc) is 2.95. The second-order valence-corrected chi connectivity index (χ2v) is 8.89. The highest BCUT2D eigenvalue weighted by molar-refractivity contribution is 6.63. The molecule has 0 aliphatic heterocycles. The summed E-state index contributed by atoms with van der Waals surface area (Å²) < 4.78 is 0. The highest BCUT2D eigenvalue weighted by atomic mass is 15.1. The molecule has 0 unspecified atom stereocenters. The number of nitrogens with zero attached hydrogens (tertiary/aromatic N) is 1. The van der Waals surface area contributed by atoms with Crippen LogP contribution < -0.4 is 4.90 Å². The van der Waals surface area contributed by atoms with Crippen LogP contribution in [0.1, 0.15) is 11.1 Å². The van der Waals surface area contributed by atoms with Gasteiger partial charge in [-0.15, -0.1) is 5.21 Å². The van der Waals surface area contributed by atoms with Crippen molar-refractivity contribution in [2.24, 2.45) is 0 Å². The maximum Gasteiger partial charge on any atom is 0.0670 e. The van der Waals surface area contributed by atoms with Crippen molar-refractivity contribution in [1.29, 1.82) is 0 Å². The molecular weight excluding hydrogens is 403 g/mol. The van der Waals surface area contributed by atoms with Gasteiger partial charge in [-0.1, -0.05) is 94.4 Å². The van der Waals surface area contributed by atoms with Crippen LogP contribution in [0, 0.1) is 0 Å². The van der Waals surface area contributed by atoms with Crippen molar-refractivity contribution in [3.05, 3.63) is 114 Å². The zero-order valence-electron chi connectivity index (χ0n) is 18.7. The van der Waals surface area contributed by atoms with Gasteiger partial charge in [-0.3, -0.25) is 0 Å². The van der Waals surface area contributed by atoms with E-state index in [4.69, 9.17) is 47.1 Å². The minimum atomic E-state index is -1.74. The molecule has 7 heteroatoms. The summed E-state index contributed by atoms with van der Waals surface area (Å²) >= 11 is 0. The predicted octanol–water partition coefficient (Wildman–Crippen LogP) is 4.27. The molecule has 0 atom stereocenters. The largest absolute Gasteiger partial charge is 0.310 e. The molecule has 0 fully saturated rings. The number of benzene rings is 4. The zero-order valence-corrected chi connectivity index (χ0v) is 18.7. The van der Waals surface area contributed by atoms with Crippen LogP contribution in [-0.2, 0) is 10.4 Å². The van der Waals surface area contributed by atoms with Crippen LogP contribution in [0.2, 0.25) is 5.21 Å². The zero-order chi connectivity index (χ0) is 24.1. The lowest BCUT2D eigenvalue weighted by molar-refractivity contribution is 0.666. The van der Waals surface area contributed by atoms with Gasteiger partial charge in [-0.25, -0.2) is 0 Å². The summed E-state index contributed by atoms with van der Waals surface area (Å²) in [6.07, 6.45) is 0. The second-order valence-electron chi connectivity index (χ2n) is 8.89. The van der Waals surface area contributed by atoms with Crippen LogP contribution in [0.4, 0.5) is 17.1 Å². The fourth-order valence-corrected chi connectivity index (χ4v) is 4.70. The molecule has 1 nitrogen and oxygen atoms in total. The van der Waals surface area contributed by atoms with E-state index in [0.29, 0.717) is 11.1 Å². The molecule has 0 saturated heterocycles. The third-order valence-electron chi connectivity index (χ3n) is 6.76. The maximum atomic E-state index is 6.43. The number of para-hydroxylation sites is 3. The fourth-order valence-electron chi connectivity index (χ4n) is 4.70. The van der Waals surface area contributed by atoms with Crippen molar-refractivity contribution < 1.29 is 0 Å². The van der Waals surface area contributed by atoms with Crippen molar-refractivity contribution in [1.82, 2.24) is 0 Å². The summed E-state index contributed by atoms with van der Waals surface area (Å²) in [6, 6.07) is 34.1. The SMILES string of the molecule is [B]C1([B])c2ccc(-c3ccccc3N(c3ccccc3)c3ccccc3)cc2C([B])([B])C1([B])[B]. The number of hydrogen-bond acceptors (Lipinski definition) is 1. The van der Waals surface area contributed by atoms with E-state index in [0.717, 1.165) is 28.2 Å². The van der Waals surface area contributed by atoms with E-state index < -0.39 is 15.6 Å². The molecule has 1 aliphatic rings. The second kappa shape index (κ2) is 8.08. The van der Waals surface area contributed by atoms with E-state index in [1.54, 1.807) is 0 Å². The topological polar surface area (TPSA) is 3.24 Å². The Morgan fingerprint density at radius 1 is 0.500 bits per heavy atom. The molecular formula is C27H17B6N. The highest BCUT2D eigenvalue weighted by Gasteiger charge is 2.53. The third kappa shape index (κ3) is 3.32. The lowest BCUT2D eigenvalue weighted by Gasteiger charge is -2.48. The van der Waals surface area contributed by atoms with Crippen molar-refractivity contribution in [3.8, 4) is 11.1 Å². The molecule has 4 aromatic rings. The highest BCUT2D eigenvalue weighted by Crippen LogP contribution is 2.58. The van der Waals surface area contributed by atoms with Gasteiger partial charge in [0, 0.05) is 16.9 Å². The lowest BCUT2D eigenvalue weighted by Crippen LogP contribution is -2.49. The van der Waals surface area contributed by atoms with E-state index in [2.05, 4.69) is 41.3 Å². The minimum Gasteiger partial charge on any atom is -0.310 e. The van der Waals surface area contributed by atoms with Crippen LogP contribution in [-0.4, -0.2) is 47.1 Å². The summed E-state index contributed by atoms with van der Waals surface area (Å²) in [5, 5.41) is -4.93. The Morgan fingerprint density at radius 2 is 1.00 bits per heavy atom. The summed E-state index contributed by atoms with van der Waals surface area (Å²) in [5.41, 5.74) is 5.96. The monoisotopic (exact) mass is 421 g/mol. The number of fused-ring (bicyclic) bond motifs is 1. The third-order valence-corrected chi connectivity index (χ3v) is 6.76. The van der Waals surface area contributed by atoms with E-state index in [9.17, 15) is 0 Å². The van der Waals surface area contributed by atoms with Crippen molar-refractivity contribution >= 4 is 64.1 Å². The van der Waals surface area contributed by atoms with Gasteiger partial charge in [0.15, 0.2) is 0 Å². The van der Waals surface area contributed by atoms with Gasteiger partial charge in [-0.2, -0.15) is 0 Å². The Labute approximate surface area is 209 Å². The normalized spacial score (nSPS) is 17.1. The minimum absolute atomic E-state index is 0.528. The molecule has 12 radical (unpaired) electrons. The van der Waals surface area contributed by atoms with Crippen molar-refractivity contribution in [2.45, 2.75) is 15.6 Å². The fraction of sp³-hybridized carbons (Fsp3) is 0.111. The van der Waals surface area contributed by atoms with E-state index in [-0.39, 0.29) is 0 Å². The molecule has 0 saturated carbocycles. The first-order chi connectivity index (χ1) is 16.2. The molecule has 4 aromatic carbocycles. The van der Waals surface area contributed by atoms with Gasteiger partial charge in [0.2, 0.25) is 0 Å². The molecule has 34 heavy (non-hydrogen) atoms. The van der Waals surface area contributed by atoms with Crippen LogP contribution >= 0.6 is 0 Å². The van der Waals surface area contributed by atoms with Gasteiger partial charge >= 0.3 is 0 Å². The smallest absolute Gasteiger partial charge is 0.0670 e. The Hall–Kier alpha value is -2.93. The molecule has 0 spiro atoms. The number of hydrogen-bond donors (Lipinski definition) is 0. The molecule has 0 amide bonds. The van der Waals surface area contributed by atoms with Gasteiger partial charge in [0.05, 0.1) is 52.8 Å². The Balaban J connectivity index is 1.71. The molecule has 1 aliphatic carbocycles. The predicted molar refractivity (Wildman–Crippen MR) is 147 cm³/mol. The van der Waals surface area contributed by atoms with Crippen molar-refractivity contribution in [2.75, 3.05) is 4.90 Å². The molecule has 0 N–H and O–H groups in total. The van der Waals surface area contributed by atoms with Crippen molar-refractivity contribution in [3.63, 3.8) is 0 Å². The quantitative estimate of drug-likeness (QED) is 0.446. The molecule has 5 rings (SSSR count). The Morgan fingerprint density at radius 3 is 1.59 bits per heavy atom. The summed E-state index contributed by atoms with van der Waals surface area (Å²) in [7, 11) is 38.0. The van der Waals surface area contributed by atoms with Crippen LogP contribution in [0.5, 0.6) is 0 Å². The van der Waals surface area contributed by atoms with E-state index >= 15 is 0 Å². The van der Waals surface area contributed by atoms with Crippen LogP contribution in [0.25, 0.3) is 11.1 Å². The van der Waals surface area contributed by atoms with Gasteiger partial charge < -0.3 is 4.90 Å². The molecule has 0 aromatic heterocycles. The Bertz CT molecular complexity index is 1300. The van der Waals surface area contributed by atoms with Gasteiger partial charge in [0.1, 0.15) is 0 Å². The van der Waals surface area contributed by atoms with Gasteiger partial charge in [-0.05, 0) is 35.9 Å². The van der Waals surface area contributed by atoms with Crippen LogP contribution in [0.3, 0.4) is 0 Å². The van der Waals surface area contributed by atoms with E-state index in [1.807, 2.05) is 66.7 Å². The first kappa shape index (κ1) is 22.8.